The van der Waals surface area contributed by atoms with Gasteiger partial charge in [0.25, 0.3) is 0 Å². The summed E-state index contributed by atoms with van der Waals surface area (Å²) >= 11 is 23.6. The fourth-order valence-electron chi connectivity index (χ4n) is 1.85. The van der Waals surface area contributed by atoms with Crippen molar-refractivity contribution < 1.29 is 8.85 Å². The average molecular weight is 376 g/mol. The van der Waals surface area contributed by atoms with Crippen molar-refractivity contribution in [2.24, 2.45) is 0 Å². The molecule has 2 rings (SSSR count). The number of fused-ring (bicyclic) bond motifs is 1. The molecule has 1 unspecified atom stereocenters. The minimum atomic E-state index is -2.56. The number of hydrogen-bond acceptors (Lipinski definition) is 2. The molecule has 19 heavy (non-hydrogen) atoms. The zero-order valence-electron chi connectivity index (χ0n) is 10.4. The molecule has 1 aromatic rings. The van der Waals surface area contributed by atoms with Crippen molar-refractivity contribution in [3.05, 3.63) is 29.3 Å². The standard InChI is InChI=1S/C11H14Cl4O2Si2/c1-18(8-12)16-7-10-6-9(2-3-11(10)17-18)4-5-19(13,14)15/h2-3,6H,4-5,7-8H2,1H3. The molecule has 0 radical (unpaired) electrons. The molecule has 0 N–H and O–H groups in total. The van der Waals surface area contributed by atoms with E-state index in [-0.39, 0.29) is 0 Å². The quantitative estimate of drug-likeness (QED) is 0.433. The smallest absolute Gasteiger partial charge is 0.411 e. The van der Waals surface area contributed by atoms with Crippen LogP contribution in [0.4, 0.5) is 0 Å². The summed E-state index contributed by atoms with van der Waals surface area (Å²) in [5.74, 6) is 0.871. The largest absolute Gasteiger partial charge is 0.519 e. The van der Waals surface area contributed by atoms with Crippen LogP contribution in [0.15, 0.2) is 18.2 Å². The van der Waals surface area contributed by atoms with Crippen LogP contribution in [-0.4, -0.2) is 20.1 Å². The molecule has 0 aromatic heterocycles. The molecule has 106 valence electrons. The maximum Gasteiger partial charge on any atom is 0.411 e. The lowest BCUT2D eigenvalue weighted by Crippen LogP contribution is -2.47. The first-order valence-electron chi connectivity index (χ1n) is 5.89. The summed E-state index contributed by atoms with van der Waals surface area (Å²) in [5, 5.41) is 0. The normalized spacial score (nSPS) is 22.8. The summed E-state index contributed by atoms with van der Waals surface area (Å²) < 4.78 is 11.6. The molecular formula is C11H14Cl4O2Si2. The van der Waals surface area contributed by atoms with E-state index in [9.17, 15) is 0 Å². The number of alkyl halides is 1. The van der Waals surface area contributed by atoms with Crippen LogP contribution in [0.2, 0.25) is 12.6 Å². The van der Waals surface area contributed by atoms with E-state index in [2.05, 4.69) is 6.07 Å². The lowest BCUT2D eigenvalue weighted by molar-refractivity contribution is 0.210. The highest BCUT2D eigenvalue weighted by molar-refractivity contribution is 7.64. The topological polar surface area (TPSA) is 18.5 Å². The third-order valence-corrected chi connectivity index (χ3v) is 8.79. The average Bonchev–Trinajstić information content (AvgIpc) is 2.35. The van der Waals surface area contributed by atoms with Crippen LogP contribution in [-0.2, 0) is 17.5 Å². The van der Waals surface area contributed by atoms with Gasteiger partial charge in [-0.25, -0.2) is 0 Å². The highest BCUT2D eigenvalue weighted by atomic mass is 35.8. The zero-order valence-corrected chi connectivity index (χ0v) is 15.4. The SMILES string of the molecule is C[Si]1(CCl)OCc2cc(CC[Si](Cl)(Cl)Cl)ccc2O1. The number of rotatable bonds is 4. The molecule has 1 heterocycles. The highest BCUT2D eigenvalue weighted by Gasteiger charge is 2.37. The van der Waals surface area contributed by atoms with Crippen molar-refractivity contribution in [3.8, 4) is 5.75 Å². The van der Waals surface area contributed by atoms with Crippen molar-refractivity contribution in [2.75, 3.05) is 5.50 Å². The van der Waals surface area contributed by atoms with Crippen LogP contribution in [0.1, 0.15) is 11.1 Å². The third kappa shape index (κ3) is 4.53. The van der Waals surface area contributed by atoms with Crippen LogP contribution in [0.25, 0.3) is 0 Å². The van der Waals surface area contributed by atoms with E-state index in [0.29, 0.717) is 18.2 Å². The Balaban J connectivity index is 2.09. The second-order valence-corrected chi connectivity index (χ2v) is 17.8. The Kier molecular flexibility index (Phi) is 5.15. The summed E-state index contributed by atoms with van der Waals surface area (Å²) in [6, 6.07) is 4.09. The molecule has 8 heteroatoms. The summed E-state index contributed by atoms with van der Waals surface area (Å²) in [6.07, 6.45) is 0.764. The number of benzene rings is 1. The first-order chi connectivity index (χ1) is 8.81. The molecule has 2 nitrogen and oxygen atoms in total. The van der Waals surface area contributed by atoms with Crippen LogP contribution >= 0.6 is 44.8 Å². The fourth-order valence-corrected chi connectivity index (χ4v) is 4.98. The Labute approximate surface area is 134 Å². The van der Waals surface area contributed by atoms with Crippen LogP contribution < -0.4 is 4.43 Å². The summed E-state index contributed by atoms with van der Waals surface area (Å²) in [6.45, 7) is 2.51. The van der Waals surface area contributed by atoms with E-state index in [1.54, 1.807) is 0 Å². The van der Waals surface area contributed by atoms with Gasteiger partial charge in [-0.3, -0.25) is 0 Å². The maximum absolute atomic E-state index is 5.89. The van der Waals surface area contributed by atoms with E-state index in [1.807, 2.05) is 18.7 Å². The minimum absolute atomic E-state index is 0.424. The van der Waals surface area contributed by atoms with Crippen LogP contribution in [0.3, 0.4) is 0 Å². The van der Waals surface area contributed by atoms with Gasteiger partial charge < -0.3 is 8.85 Å². The van der Waals surface area contributed by atoms with Gasteiger partial charge in [0.2, 0.25) is 0 Å². The van der Waals surface area contributed by atoms with Crippen LogP contribution in [0.5, 0.6) is 5.75 Å². The molecule has 0 saturated heterocycles. The van der Waals surface area contributed by atoms with E-state index >= 15 is 0 Å². The molecule has 1 aromatic carbocycles. The van der Waals surface area contributed by atoms with E-state index in [4.69, 9.17) is 53.7 Å². The second-order valence-electron chi connectivity index (χ2n) is 4.72. The summed E-state index contributed by atoms with van der Waals surface area (Å²) in [4.78, 5) is 0. The summed E-state index contributed by atoms with van der Waals surface area (Å²) in [7, 11) is -2.22. The third-order valence-electron chi connectivity index (χ3n) is 2.92. The molecule has 0 aliphatic carbocycles. The van der Waals surface area contributed by atoms with Gasteiger partial charge in [0.05, 0.1) is 12.1 Å². The van der Waals surface area contributed by atoms with Crippen molar-refractivity contribution in [2.45, 2.75) is 25.6 Å². The molecular weight excluding hydrogens is 362 g/mol. The monoisotopic (exact) mass is 374 g/mol. The molecule has 0 bridgehead atoms. The Morgan fingerprint density at radius 2 is 2.05 bits per heavy atom. The Morgan fingerprint density at radius 3 is 2.68 bits per heavy atom. The zero-order chi connectivity index (χ0) is 14.1. The fraction of sp³-hybridized carbons (Fsp3) is 0.455. The Morgan fingerprint density at radius 1 is 1.32 bits per heavy atom. The Hall–Kier alpha value is 0.574. The van der Waals surface area contributed by atoms with Gasteiger partial charge in [-0.15, -0.1) is 44.8 Å². The molecule has 0 saturated carbocycles. The highest BCUT2D eigenvalue weighted by Crippen LogP contribution is 2.32. The molecule has 0 fully saturated rings. The number of aryl methyl sites for hydroxylation is 1. The predicted octanol–water partition coefficient (Wildman–Crippen LogP) is 4.64. The van der Waals surface area contributed by atoms with Gasteiger partial charge >= 0.3 is 14.6 Å². The van der Waals surface area contributed by atoms with E-state index in [0.717, 1.165) is 23.3 Å². The number of hydrogen-bond donors (Lipinski definition) is 0. The molecule has 0 amide bonds. The molecule has 1 aliphatic rings. The summed E-state index contributed by atoms with van der Waals surface area (Å²) in [5.41, 5.74) is 2.60. The predicted molar refractivity (Wildman–Crippen MR) is 86.0 cm³/mol. The van der Waals surface area contributed by atoms with Crippen molar-refractivity contribution in [1.82, 2.24) is 0 Å². The van der Waals surface area contributed by atoms with Crippen molar-refractivity contribution >= 4 is 59.4 Å². The van der Waals surface area contributed by atoms with Crippen molar-refractivity contribution in [3.63, 3.8) is 0 Å². The lowest BCUT2D eigenvalue weighted by atomic mass is 10.1. The van der Waals surface area contributed by atoms with Crippen LogP contribution in [0, 0.1) is 0 Å². The van der Waals surface area contributed by atoms with Gasteiger partial charge in [-0.1, -0.05) is 6.07 Å². The van der Waals surface area contributed by atoms with Crippen molar-refractivity contribution in [1.29, 1.82) is 0 Å². The Bertz CT molecular complexity index is 466. The lowest BCUT2D eigenvalue weighted by Gasteiger charge is -2.32. The van der Waals surface area contributed by atoms with Gasteiger partial charge in [0.15, 0.2) is 0 Å². The van der Waals surface area contributed by atoms with E-state index in [1.165, 1.54) is 0 Å². The molecule has 1 atom stereocenters. The first kappa shape index (κ1) is 16.0. The first-order valence-corrected chi connectivity index (χ1v) is 14.2. The van der Waals surface area contributed by atoms with Gasteiger partial charge in [-0.2, -0.15) is 0 Å². The van der Waals surface area contributed by atoms with Gasteiger partial charge in [0.1, 0.15) is 5.75 Å². The van der Waals surface area contributed by atoms with E-state index < -0.39 is 14.6 Å². The molecule has 1 aliphatic heterocycles. The van der Waals surface area contributed by atoms with Gasteiger partial charge in [-0.05, 0) is 36.7 Å². The molecule has 0 spiro atoms. The van der Waals surface area contributed by atoms with Gasteiger partial charge in [0, 0.05) is 5.56 Å². The minimum Gasteiger partial charge on any atom is -0.519 e. The number of halogens is 4. The second kappa shape index (κ2) is 6.14. The maximum atomic E-state index is 5.89.